The van der Waals surface area contributed by atoms with E-state index in [4.69, 9.17) is 16.4 Å². The van der Waals surface area contributed by atoms with Crippen LogP contribution in [0.2, 0.25) is 5.02 Å². The van der Waals surface area contributed by atoms with Gasteiger partial charge in [-0.15, -0.1) is 0 Å². The molecule has 0 amide bonds. The van der Waals surface area contributed by atoms with Gasteiger partial charge in [0.25, 0.3) is 0 Å². The third-order valence-electron chi connectivity index (χ3n) is 1.77. The van der Waals surface area contributed by atoms with Gasteiger partial charge in [-0.25, -0.2) is 0 Å². The molecule has 67 valence electrons. The maximum atomic E-state index is 5.88. The van der Waals surface area contributed by atoms with Gasteiger partial charge in [0.1, 0.15) is 12.3 Å². The predicted octanol–water partition coefficient (Wildman–Crippen LogP) is 2.73. The molecule has 1 aliphatic carbocycles. The predicted molar refractivity (Wildman–Crippen MR) is 52.1 cm³/mol. The van der Waals surface area contributed by atoms with Gasteiger partial charge in [-0.2, -0.15) is 0 Å². The van der Waals surface area contributed by atoms with Crippen molar-refractivity contribution in [1.82, 2.24) is 0 Å². The van der Waals surface area contributed by atoms with Gasteiger partial charge in [-0.3, -0.25) is 0 Å². The van der Waals surface area contributed by atoms with E-state index in [1.807, 2.05) is 18.2 Å². The molecule has 0 spiro atoms. The fourth-order valence-corrected chi connectivity index (χ4v) is 1.05. The Bertz CT molecular complexity index is 320. The zero-order valence-electron chi connectivity index (χ0n) is 7.03. The topological polar surface area (TPSA) is 21.6 Å². The molecule has 0 N–H and O–H groups in total. The molecule has 0 atom stereocenters. The van der Waals surface area contributed by atoms with Gasteiger partial charge < -0.3 is 4.84 Å². The number of hydrogen-bond donors (Lipinski definition) is 0. The summed E-state index contributed by atoms with van der Waals surface area (Å²) in [7, 11) is 0. The Morgan fingerprint density at radius 3 is 2.85 bits per heavy atom. The lowest BCUT2D eigenvalue weighted by molar-refractivity contribution is 0.131. The lowest BCUT2D eigenvalue weighted by Crippen LogP contribution is -1.87. The van der Waals surface area contributed by atoms with E-state index in [1.165, 1.54) is 0 Å². The van der Waals surface area contributed by atoms with Crippen molar-refractivity contribution in [2.24, 2.45) is 5.16 Å². The fraction of sp³-hybridized carbons (Fsp3) is 0.300. The molecule has 0 unspecified atom stereocenters. The molecule has 0 heterocycles. The average Bonchev–Trinajstić information content (AvgIpc) is 2.92. The van der Waals surface area contributed by atoms with Crippen molar-refractivity contribution in [3.05, 3.63) is 34.9 Å². The van der Waals surface area contributed by atoms with E-state index in [0.717, 1.165) is 18.4 Å². The Morgan fingerprint density at radius 2 is 2.15 bits per heavy atom. The van der Waals surface area contributed by atoms with Gasteiger partial charge in [0.05, 0.1) is 5.02 Å². The molecule has 1 radical (unpaired) electrons. The standard InChI is InChI=1S/C10H9ClNO/c11-10-4-2-1-3-8(10)7-12-13-9-5-6-9/h1-4,9H,5-6H2. The van der Waals surface area contributed by atoms with Crippen molar-refractivity contribution >= 4 is 17.8 Å². The monoisotopic (exact) mass is 194 g/mol. The van der Waals surface area contributed by atoms with E-state index in [9.17, 15) is 0 Å². The Kier molecular flexibility index (Phi) is 2.50. The van der Waals surface area contributed by atoms with Gasteiger partial charge >= 0.3 is 0 Å². The van der Waals surface area contributed by atoms with Crippen molar-refractivity contribution in [3.63, 3.8) is 0 Å². The highest BCUT2D eigenvalue weighted by atomic mass is 35.5. The molecule has 1 aromatic carbocycles. The van der Waals surface area contributed by atoms with Crippen molar-refractivity contribution in [2.75, 3.05) is 0 Å². The highest BCUT2D eigenvalue weighted by molar-refractivity contribution is 6.33. The smallest absolute Gasteiger partial charge is 0.141 e. The summed E-state index contributed by atoms with van der Waals surface area (Å²) in [5.41, 5.74) is 0.768. The van der Waals surface area contributed by atoms with Gasteiger partial charge in [-0.1, -0.05) is 35.0 Å². The maximum absolute atomic E-state index is 5.88. The molecule has 0 aromatic heterocycles. The van der Waals surface area contributed by atoms with E-state index in [0.29, 0.717) is 11.1 Å². The van der Waals surface area contributed by atoms with Crippen molar-refractivity contribution in [2.45, 2.75) is 18.9 Å². The Morgan fingerprint density at radius 1 is 1.38 bits per heavy atom. The Balaban J connectivity index is 1.99. The summed E-state index contributed by atoms with van der Waals surface area (Å²) in [5, 5.41) is 4.37. The highest BCUT2D eigenvalue weighted by Crippen LogP contribution is 2.23. The van der Waals surface area contributed by atoms with Crippen LogP contribution in [-0.4, -0.2) is 12.3 Å². The second-order valence-corrected chi connectivity index (χ2v) is 3.39. The summed E-state index contributed by atoms with van der Waals surface area (Å²) in [6.07, 6.45) is 5.28. The van der Waals surface area contributed by atoms with Gasteiger partial charge in [0.15, 0.2) is 0 Å². The first kappa shape index (κ1) is 8.57. The summed E-state index contributed by atoms with van der Waals surface area (Å²) in [6.45, 7) is 0. The summed E-state index contributed by atoms with van der Waals surface area (Å²) in [5.74, 6) is 0. The molecular weight excluding hydrogens is 186 g/mol. The van der Waals surface area contributed by atoms with Crippen LogP contribution >= 0.6 is 11.6 Å². The molecule has 13 heavy (non-hydrogen) atoms. The molecule has 0 aliphatic heterocycles. The first-order chi connectivity index (χ1) is 6.36. The third kappa shape index (κ3) is 2.46. The average molecular weight is 195 g/mol. The normalized spacial score (nSPS) is 16.4. The van der Waals surface area contributed by atoms with Crippen LogP contribution in [0.1, 0.15) is 18.4 Å². The van der Waals surface area contributed by atoms with E-state index in [-0.39, 0.29) is 0 Å². The fourth-order valence-electron chi connectivity index (χ4n) is 0.875. The molecule has 0 saturated heterocycles. The highest BCUT2D eigenvalue weighted by Gasteiger charge is 2.23. The van der Waals surface area contributed by atoms with E-state index >= 15 is 0 Å². The molecule has 1 aliphatic rings. The minimum Gasteiger partial charge on any atom is -0.392 e. The van der Waals surface area contributed by atoms with Crippen molar-refractivity contribution in [1.29, 1.82) is 0 Å². The Hall–Kier alpha value is -1.02. The van der Waals surface area contributed by atoms with Gasteiger partial charge in [0.2, 0.25) is 0 Å². The van der Waals surface area contributed by atoms with Crippen LogP contribution in [0.3, 0.4) is 0 Å². The van der Waals surface area contributed by atoms with Crippen molar-refractivity contribution < 1.29 is 4.84 Å². The second kappa shape index (κ2) is 3.79. The molecule has 1 saturated carbocycles. The second-order valence-electron chi connectivity index (χ2n) is 2.99. The molecule has 0 bridgehead atoms. The number of benzene rings is 1. The molecular formula is C10H9ClNO. The van der Waals surface area contributed by atoms with Crippen molar-refractivity contribution in [3.8, 4) is 0 Å². The van der Waals surface area contributed by atoms with Crippen LogP contribution in [0.15, 0.2) is 29.4 Å². The lowest BCUT2D eigenvalue weighted by Gasteiger charge is -1.95. The molecule has 1 aromatic rings. The quantitative estimate of drug-likeness (QED) is 0.536. The van der Waals surface area contributed by atoms with Crippen LogP contribution in [0, 0.1) is 0 Å². The van der Waals surface area contributed by atoms with Gasteiger partial charge in [-0.05, 0) is 18.9 Å². The molecule has 2 nitrogen and oxygen atoms in total. The first-order valence-corrected chi connectivity index (χ1v) is 4.60. The Labute approximate surface area is 82.2 Å². The van der Waals surface area contributed by atoms with Crippen LogP contribution in [0.4, 0.5) is 0 Å². The zero-order chi connectivity index (χ0) is 9.10. The summed E-state index contributed by atoms with van der Waals surface area (Å²) in [4.78, 5) is 5.07. The minimum absolute atomic E-state index is 0.315. The van der Waals surface area contributed by atoms with Gasteiger partial charge in [0, 0.05) is 5.56 Å². The summed E-state index contributed by atoms with van der Waals surface area (Å²) < 4.78 is 0. The molecule has 2 rings (SSSR count). The van der Waals surface area contributed by atoms with Crippen LogP contribution in [-0.2, 0) is 4.84 Å². The largest absolute Gasteiger partial charge is 0.392 e. The number of hydrogen-bond acceptors (Lipinski definition) is 2. The number of halogens is 1. The zero-order valence-corrected chi connectivity index (χ0v) is 7.79. The first-order valence-electron chi connectivity index (χ1n) is 4.22. The molecule has 1 fully saturated rings. The summed E-state index contributed by atoms with van der Waals surface area (Å²) >= 11 is 5.88. The SMILES string of the molecule is Clc1ccccc1/[C]=N/OC1CC1. The maximum Gasteiger partial charge on any atom is 0.141 e. The van der Waals surface area contributed by atoms with Crippen LogP contribution in [0.25, 0.3) is 0 Å². The number of nitrogens with zero attached hydrogens (tertiary/aromatic N) is 1. The van der Waals surface area contributed by atoms with Crippen LogP contribution < -0.4 is 0 Å². The third-order valence-corrected chi connectivity index (χ3v) is 2.10. The minimum atomic E-state index is 0.315. The lowest BCUT2D eigenvalue weighted by atomic mass is 10.2. The summed E-state index contributed by atoms with van der Waals surface area (Å²) in [6, 6.07) is 7.41. The molecule has 3 heteroatoms. The van der Waals surface area contributed by atoms with Crippen LogP contribution in [0.5, 0.6) is 0 Å². The van der Waals surface area contributed by atoms with E-state index < -0.39 is 0 Å². The number of rotatable bonds is 3. The van der Waals surface area contributed by atoms with E-state index in [2.05, 4.69) is 11.4 Å². The van der Waals surface area contributed by atoms with E-state index in [1.54, 1.807) is 6.07 Å².